The lowest BCUT2D eigenvalue weighted by Crippen LogP contribution is -2.76. The third-order valence-corrected chi connectivity index (χ3v) is 5.38. The molecule has 190 valence electrons. The van der Waals surface area contributed by atoms with Crippen molar-refractivity contribution in [2.75, 3.05) is 19.8 Å². The monoisotopic (exact) mass is 479 g/mol. The van der Waals surface area contributed by atoms with E-state index in [1.54, 1.807) is 0 Å². The number of ether oxygens (including phenoxy) is 3. The lowest BCUT2D eigenvalue weighted by atomic mass is 9.91. The highest BCUT2D eigenvalue weighted by Gasteiger charge is 2.56. The van der Waals surface area contributed by atoms with E-state index in [4.69, 9.17) is 14.2 Å². The van der Waals surface area contributed by atoms with Gasteiger partial charge in [-0.25, -0.2) is 0 Å². The summed E-state index contributed by atoms with van der Waals surface area (Å²) in [7, 11) is 0. The van der Waals surface area contributed by atoms with Gasteiger partial charge in [0.1, 0.15) is 42.7 Å². The van der Waals surface area contributed by atoms with Gasteiger partial charge in [-0.2, -0.15) is 0 Å². The van der Waals surface area contributed by atoms with Gasteiger partial charge in [-0.05, 0) is 0 Å². The largest absolute Gasteiger partial charge is 0.394 e. The summed E-state index contributed by atoms with van der Waals surface area (Å²) in [4.78, 5) is 23.1. The number of hydrogen-bond acceptors (Lipinski definition) is 12. The fraction of sp³-hybridized carbons (Fsp3) is 0.789. The minimum absolute atomic E-state index is 0.0139. The van der Waals surface area contributed by atoms with Gasteiger partial charge >= 0.3 is 0 Å². The Kier molecular flexibility index (Phi) is 9.69. The molecule has 2 fully saturated rings. The Morgan fingerprint density at radius 1 is 1.06 bits per heavy atom. The number of rotatable bonds is 9. The van der Waals surface area contributed by atoms with Crippen molar-refractivity contribution in [1.29, 1.82) is 0 Å². The molecule has 0 aliphatic carbocycles. The van der Waals surface area contributed by atoms with Crippen LogP contribution in [0.1, 0.15) is 13.8 Å². The van der Waals surface area contributed by atoms with Gasteiger partial charge in [0, 0.05) is 20.4 Å². The fourth-order valence-corrected chi connectivity index (χ4v) is 3.77. The van der Waals surface area contributed by atoms with Crippen LogP contribution < -0.4 is 16.0 Å². The summed E-state index contributed by atoms with van der Waals surface area (Å²) in [6.45, 7) is 4.80. The maximum Gasteiger partial charge on any atom is 0.219 e. The first-order chi connectivity index (χ1) is 15.5. The van der Waals surface area contributed by atoms with Crippen LogP contribution >= 0.6 is 0 Å². The molecule has 0 saturated carbocycles. The number of amides is 2. The van der Waals surface area contributed by atoms with Crippen molar-refractivity contribution in [3.8, 4) is 0 Å². The van der Waals surface area contributed by atoms with Gasteiger partial charge < -0.3 is 55.5 Å². The minimum atomic E-state index is -2.51. The van der Waals surface area contributed by atoms with Crippen molar-refractivity contribution >= 4 is 11.8 Å². The molecular weight excluding hydrogens is 446 g/mol. The van der Waals surface area contributed by atoms with E-state index in [1.165, 1.54) is 13.0 Å². The van der Waals surface area contributed by atoms with Crippen LogP contribution in [0.4, 0.5) is 0 Å². The molecule has 0 aromatic rings. The van der Waals surface area contributed by atoms with Crippen LogP contribution in [0.3, 0.4) is 0 Å². The number of aliphatic hydroxyl groups excluding tert-OH is 5. The molecule has 2 aliphatic heterocycles. The highest BCUT2D eigenvalue weighted by molar-refractivity contribution is 5.74. The molecule has 0 bridgehead atoms. The van der Waals surface area contributed by atoms with Crippen LogP contribution in [-0.4, -0.2) is 123 Å². The quantitative estimate of drug-likeness (QED) is 0.112. The van der Waals surface area contributed by atoms with Crippen molar-refractivity contribution in [2.45, 2.75) is 74.8 Å². The fourth-order valence-electron chi connectivity index (χ4n) is 3.77. The lowest BCUT2D eigenvalue weighted by Gasteiger charge is -2.49. The summed E-state index contributed by atoms with van der Waals surface area (Å²) >= 11 is 0. The maximum atomic E-state index is 11.6. The van der Waals surface area contributed by atoms with Crippen LogP contribution in [0.5, 0.6) is 0 Å². The number of carbonyl (C=O) groups excluding carboxylic acids is 2. The minimum Gasteiger partial charge on any atom is -0.394 e. The summed E-state index contributed by atoms with van der Waals surface area (Å²) in [5.41, 5.74) is -2.51. The van der Waals surface area contributed by atoms with Gasteiger partial charge in [-0.1, -0.05) is 6.08 Å². The Balaban J connectivity index is 2.19. The maximum absolute atomic E-state index is 11.6. The van der Waals surface area contributed by atoms with Gasteiger partial charge in [0.25, 0.3) is 0 Å². The number of aliphatic hydroxyl groups is 6. The van der Waals surface area contributed by atoms with Crippen molar-refractivity contribution in [1.82, 2.24) is 16.0 Å². The van der Waals surface area contributed by atoms with E-state index < -0.39 is 79.3 Å². The molecule has 9 N–H and O–H groups in total. The Bertz CT molecular complexity index is 698. The molecule has 10 atom stereocenters. The molecule has 14 nitrogen and oxygen atoms in total. The molecule has 0 radical (unpaired) electrons. The summed E-state index contributed by atoms with van der Waals surface area (Å²) < 4.78 is 16.5. The van der Waals surface area contributed by atoms with E-state index >= 15 is 0 Å². The second kappa shape index (κ2) is 11.6. The van der Waals surface area contributed by atoms with Gasteiger partial charge in [-0.15, -0.1) is 6.58 Å². The zero-order valence-electron chi connectivity index (χ0n) is 18.3. The Labute approximate surface area is 190 Å². The third-order valence-electron chi connectivity index (χ3n) is 5.38. The highest BCUT2D eigenvalue weighted by atomic mass is 16.7. The van der Waals surface area contributed by atoms with Crippen molar-refractivity contribution in [2.24, 2.45) is 0 Å². The topological polar surface area (TPSA) is 219 Å². The molecule has 14 heteroatoms. The average molecular weight is 479 g/mol. The van der Waals surface area contributed by atoms with Crippen LogP contribution in [0.2, 0.25) is 0 Å². The summed E-state index contributed by atoms with van der Waals surface area (Å²) in [5, 5.41) is 69.0. The molecule has 0 aromatic heterocycles. The Hall–Kier alpha value is -1.72. The standard InChI is InChI=1S/C19H33N3O11/c1-4-5-31-17-12(21-8(2)24)15(28)13(26)10(32-17)6-20-18-19(30,22-9(3)25)16(29)14(27)11(7-23)33-18/h4,10-18,20,23,26-30H,1,5-7H2,2-3H3,(H,21,24)(H,22,25)/t10-,11-,12-,13-,14-,15-,16+,17+,18-,19-/m1/s1. The van der Waals surface area contributed by atoms with Crippen molar-refractivity contribution in [3.05, 3.63) is 12.7 Å². The van der Waals surface area contributed by atoms with Crippen LogP contribution in [-0.2, 0) is 23.8 Å². The molecule has 2 saturated heterocycles. The second-order valence-corrected chi connectivity index (χ2v) is 7.96. The molecule has 2 aliphatic rings. The second-order valence-electron chi connectivity index (χ2n) is 7.96. The zero-order valence-corrected chi connectivity index (χ0v) is 18.3. The molecule has 2 heterocycles. The van der Waals surface area contributed by atoms with E-state index in [0.29, 0.717) is 0 Å². The number of nitrogens with one attached hydrogen (secondary N) is 3. The predicted molar refractivity (Wildman–Crippen MR) is 109 cm³/mol. The number of carbonyl (C=O) groups is 2. The molecule has 2 amide bonds. The van der Waals surface area contributed by atoms with Crippen molar-refractivity contribution in [3.63, 3.8) is 0 Å². The number of hydrogen-bond donors (Lipinski definition) is 9. The smallest absolute Gasteiger partial charge is 0.219 e. The Morgan fingerprint density at radius 3 is 2.27 bits per heavy atom. The third kappa shape index (κ3) is 6.24. The van der Waals surface area contributed by atoms with Gasteiger partial charge in [0.05, 0.1) is 13.2 Å². The summed E-state index contributed by atoms with van der Waals surface area (Å²) in [6, 6.07) is -1.09. The highest BCUT2D eigenvalue weighted by Crippen LogP contribution is 2.28. The Morgan fingerprint density at radius 2 is 1.73 bits per heavy atom. The van der Waals surface area contributed by atoms with Gasteiger partial charge in [0.15, 0.2) is 12.5 Å². The first-order valence-corrected chi connectivity index (χ1v) is 10.3. The summed E-state index contributed by atoms with van der Waals surface area (Å²) in [5.74, 6) is -1.24. The molecule has 33 heavy (non-hydrogen) atoms. The van der Waals surface area contributed by atoms with E-state index in [1.807, 2.05) is 0 Å². The van der Waals surface area contributed by atoms with Gasteiger partial charge in [0.2, 0.25) is 17.5 Å². The van der Waals surface area contributed by atoms with Crippen LogP contribution in [0, 0.1) is 0 Å². The SMILES string of the molecule is C=CCO[C@H]1O[C@H](CN[C@@H]2O[C@H](CO)[C@@H](O)[C@H](O)[C@]2(O)NC(C)=O)[C@@H](O)[C@H](O)[C@H]1NC(C)=O. The summed E-state index contributed by atoms with van der Waals surface area (Å²) in [6.07, 6.45) is -10.5. The van der Waals surface area contributed by atoms with Crippen molar-refractivity contribution < 1.29 is 54.4 Å². The van der Waals surface area contributed by atoms with Crippen LogP contribution in [0.15, 0.2) is 12.7 Å². The first-order valence-electron chi connectivity index (χ1n) is 10.3. The molecule has 0 unspecified atom stereocenters. The molecule has 0 spiro atoms. The zero-order chi connectivity index (χ0) is 24.9. The molecule has 0 aromatic carbocycles. The first kappa shape index (κ1) is 27.5. The van der Waals surface area contributed by atoms with E-state index in [9.17, 15) is 40.2 Å². The lowest BCUT2D eigenvalue weighted by molar-refractivity contribution is -0.295. The van der Waals surface area contributed by atoms with E-state index in [0.717, 1.165) is 6.92 Å². The van der Waals surface area contributed by atoms with Gasteiger partial charge in [-0.3, -0.25) is 14.9 Å². The van der Waals surface area contributed by atoms with E-state index in [-0.39, 0.29) is 13.2 Å². The van der Waals surface area contributed by atoms with E-state index in [2.05, 4.69) is 22.5 Å². The van der Waals surface area contributed by atoms with Crippen LogP contribution in [0.25, 0.3) is 0 Å². The average Bonchev–Trinajstić information content (AvgIpc) is 2.74. The molecule has 2 rings (SSSR count). The normalized spacial score (nSPS) is 41.3. The predicted octanol–water partition coefficient (Wildman–Crippen LogP) is -5.01. The molecular formula is C19H33N3O11.